The molecular formula is C18H21ClN6O3. The number of rotatable bonds is 1. The number of amidine groups is 2. The minimum Gasteiger partial charge on any atom is -0.444 e. The van der Waals surface area contributed by atoms with Crippen molar-refractivity contribution in [3.63, 3.8) is 0 Å². The molecule has 0 N–H and O–H groups in total. The number of halogens is 1. The van der Waals surface area contributed by atoms with Crippen LogP contribution >= 0.6 is 11.6 Å². The first kappa shape index (κ1) is 18.7. The van der Waals surface area contributed by atoms with Crippen LogP contribution in [0, 0.1) is 0 Å². The zero-order valence-corrected chi connectivity index (χ0v) is 16.9. The number of nitrogens with zero attached hydrogens (tertiary/aromatic N) is 6. The number of likely N-dealkylation sites (tertiary alicyclic amines) is 1. The summed E-state index contributed by atoms with van der Waals surface area (Å²) in [5.74, 6) is 1.34. The molecule has 3 aliphatic heterocycles. The third kappa shape index (κ3) is 3.30. The first-order valence-electron chi connectivity index (χ1n) is 8.97. The number of likely N-dealkylation sites (N-methyl/N-ethyl adjacent to an activating group) is 1. The Hall–Kier alpha value is -2.68. The highest BCUT2D eigenvalue weighted by atomic mass is 35.5. The number of ether oxygens (including phenoxy) is 1. The Morgan fingerprint density at radius 1 is 1.29 bits per heavy atom. The molecule has 2 amide bonds. The van der Waals surface area contributed by atoms with Gasteiger partial charge in [0.25, 0.3) is 5.91 Å². The molecular weight excluding hydrogens is 384 g/mol. The number of hydrogen-bond donors (Lipinski definition) is 0. The molecule has 0 saturated carbocycles. The van der Waals surface area contributed by atoms with Gasteiger partial charge in [0.2, 0.25) is 0 Å². The number of hydrogen-bond acceptors (Lipinski definition) is 7. The molecule has 1 aromatic heterocycles. The van der Waals surface area contributed by atoms with E-state index < -0.39 is 5.60 Å². The van der Waals surface area contributed by atoms with Gasteiger partial charge < -0.3 is 19.4 Å². The molecule has 28 heavy (non-hydrogen) atoms. The average Bonchev–Trinajstić information content (AvgIpc) is 2.94. The second kappa shape index (κ2) is 6.44. The lowest BCUT2D eigenvalue weighted by molar-refractivity contribution is -0.115. The summed E-state index contributed by atoms with van der Waals surface area (Å²) >= 11 is 6.05. The second-order valence-corrected chi connectivity index (χ2v) is 8.43. The molecule has 0 unspecified atom stereocenters. The number of aliphatic imine (C=N–C) groups is 2. The predicted octanol–water partition coefficient (Wildman–Crippen LogP) is 2.07. The van der Waals surface area contributed by atoms with Gasteiger partial charge in [-0.25, -0.2) is 14.8 Å². The van der Waals surface area contributed by atoms with E-state index in [2.05, 4.69) is 15.0 Å². The van der Waals surface area contributed by atoms with Gasteiger partial charge in [-0.15, -0.1) is 0 Å². The maximum absolute atomic E-state index is 12.3. The molecule has 4 rings (SSSR count). The minimum atomic E-state index is -0.543. The highest BCUT2D eigenvalue weighted by Crippen LogP contribution is 2.36. The zero-order valence-electron chi connectivity index (χ0n) is 16.1. The first-order valence-corrected chi connectivity index (χ1v) is 9.34. The van der Waals surface area contributed by atoms with Gasteiger partial charge in [-0.3, -0.25) is 4.79 Å². The quantitative estimate of drug-likeness (QED) is 0.711. The molecule has 0 aromatic carbocycles. The lowest BCUT2D eigenvalue weighted by Crippen LogP contribution is -2.64. The molecule has 0 atom stereocenters. The standard InChI is InChI=1S/C18H21ClN6O3/c1-18(2,3)28-17(27)23(4)11-7-24(8-11)15-16-21-13(26)9-25(16)12-5-10(19)6-20-14(12)22-15/h5-6,11H,7-9H2,1-4H3. The number of amides is 2. The summed E-state index contributed by atoms with van der Waals surface area (Å²) in [4.78, 5) is 42.6. The third-order valence-corrected chi connectivity index (χ3v) is 4.89. The van der Waals surface area contributed by atoms with E-state index in [0.29, 0.717) is 41.3 Å². The highest BCUT2D eigenvalue weighted by molar-refractivity contribution is 6.50. The van der Waals surface area contributed by atoms with E-state index in [1.807, 2.05) is 25.7 Å². The van der Waals surface area contributed by atoms with Gasteiger partial charge in [0, 0.05) is 26.3 Å². The van der Waals surface area contributed by atoms with Gasteiger partial charge in [0.05, 0.1) is 16.8 Å². The van der Waals surface area contributed by atoms with Crippen LogP contribution in [-0.4, -0.2) is 76.8 Å². The Morgan fingerprint density at radius 2 is 2.00 bits per heavy atom. The number of pyridine rings is 1. The number of fused-ring (bicyclic) bond motifs is 3. The Kier molecular flexibility index (Phi) is 4.29. The van der Waals surface area contributed by atoms with Crippen LogP contribution in [0.15, 0.2) is 22.2 Å². The van der Waals surface area contributed by atoms with Crippen LogP contribution in [-0.2, 0) is 9.53 Å². The second-order valence-electron chi connectivity index (χ2n) is 8.00. The maximum atomic E-state index is 12.3. The Bertz CT molecular complexity index is 916. The van der Waals surface area contributed by atoms with Crippen molar-refractivity contribution in [3.05, 3.63) is 17.3 Å². The summed E-state index contributed by atoms with van der Waals surface area (Å²) < 4.78 is 5.42. The number of carbonyl (C=O) groups excluding carboxylic acids is 2. The van der Waals surface area contributed by atoms with Crippen LogP contribution < -0.4 is 4.90 Å². The number of aromatic nitrogens is 1. The number of anilines is 1. The van der Waals surface area contributed by atoms with Crippen molar-refractivity contribution >= 4 is 46.8 Å². The predicted molar refractivity (Wildman–Crippen MR) is 105 cm³/mol. The van der Waals surface area contributed by atoms with Crippen LogP contribution in [0.2, 0.25) is 5.02 Å². The van der Waals surface area contributed by atoms with Gasteiger partial charge in [0.15, 0.2) is 17.5 Å². The van der Waals surface area contributed by atoms with Crippen LogP contribution in [0.25, 0.3) is 0 Å². The fourth-order valence-electron chi connectivity index (χ4n) is 3.22. The molecule has 0 bridgehead atoms. The van der Waals surface area contributed by atoms with Gasteiger partial charge in [-0.2, -0.15) is 4.99 Å². The summed E-state index contributed by atoms with van der Waals surface area (Å²) in [5.41, 5.74) is 0.127. The average molecular weight is 405 g/mol. The van der Waals surface area contributed by atoms with Crippen LogP contribution in [0.3, 0.4) is 0 Å². The summed E-state index contributed by atoms with van der Waals surface area (Å²) in [7, 11) is 1.72. The molecule has 1 saturated heterocycles. The molecule has 4 heterocycles. The molecule has 0 aliphatic carbocycles. The number of carbonyl (C=O) groups is 2. The summed E-state index contributed by atoms with van der Waals surface area (Å²) in [5, 5.41) is 0.471. The van der Waals surface area contributed by atoms with E-state index in [1.54, 1.807) is 22.9 Å². The Balaban J connectivity index is 1.52. The topological polar surface area (TPSA) is 90.7 Å². The highest BCUT2D eigenvalue weighted by Gasteiger charge is 2.42. The van der Waals surface area contributed by atoms with E-state index in [4.69, 9.17) is 16.3 Å². The van der Waals surface area contributed by atoms with Crippen LogP contribution in [0.1, 0.15) is 20.8 Å². The van der Waals surface area contributed by atoms with Crippen molar-refractivity contribution < 1.29 is 14.3 Å². The van der Waals surface area contributed by atoms with E-state index in [-0.39, 0.29) is 24.6 Å². The lowest BCUT2D eigenvalue weighted by atomic mass is 10.1. The first-order chi connectivity index (χ1) is 13.1. The van der Waals surface area contributed by atoms with Gasteiger partial charge in [-0.05, 0) is 26.8 Å². The maximum Gasteiger partial charge on any atom is 0.410 e. The van der Waals surface area contributed by atoms with E-state index >= 15 is 0 Å². The van der Waals surface area contributed by atoms with Gasteiger partial charge in [0.1, 0.15) is 12.1 Å². The summed E-state index contributed by atoms with van der Waals surface area (Å²) in [6.07, 6.45) is 1.16. The normalized spacial score (nSPS) is 18.8. The van der Waals surface area contributed by atoms with Gasteiger partial charge in [-0.1, -0.05) is 11.6 Å². The van der Waals surface area contributed by atoms with Crippen molar-refractivity contribution in [2.24, 2.45) is 9.98 Å². The van der Waals surface area contributed by atoms with Crippen molar-refractivity contribution in [2.45, 2.75) is 32.4 Å². The summed E-state index contributed by atoms with van der Waals surface area (Å²) in [6.45, 7) is 6.78. The lowest BCUT2D eigenvalue weighted by Gasteiger charge is -2.46. The Morgan fingerprint density at radius 3 is 2.68 bits per heavy atom. The molecule has 0 spiro atoms. The SMILES string of the molecule is CN(C(=O)OC(C)(C)C)C1CN(C2=Nc3ncc(Cl)cc3N3CC(=O)N=C23)C1. The molecule has 1 aromatic rings. The molecule has 148 valence electrons. The van der Waals surface area contributed by atoms with E-state index in [1.165, 1.54) is 6.20 Å². The molecule has 1 fully saturated rings. The Labute approximate surface area is 167 Å². The molecule has 9 nitrogen and oxygen atoms in total. The van der Waals surface area contributed by atoms with Crippen LogP contribution in [0.5, 0.6) is 0 Å². The minimum absolute atomic E-state index is 0.0109. The van der Waals surface area contributed by atoms with Crippen molar-refractivity contribution in [1.29, 1.82) is 0 Å². The zero-order chi connectivity index (χ0) is 20.2. The van der Waals surface area contributed by atoms with Crippen molar-refractivity contribution in [1.82, 2.24) is 14.8 Å². The molecule has 10 heteroatoms. The van der Waals surface area contributed by atoms with Crippen molar-refractivity contribution in [2.75, 3.05) is 31.6 Å². The third-order valence-electron chi connectivity index (χ3n) is 4.69. The van der Waals surface area contributed by atoms with Crippen LogP contribution in [0.4, 0.5) is 16.3 Å². The largest absolute Gasteiger partial charge is 0.444 e. The van der Waals surface area contributed by atoms with Gasteiger partial charge >= 0.3 is 6.09 Å². The molecule has 0 radical (unpaired) electrons. The summed E-state index contributed by atoms with van der Waals surface area (Å²) in [6, 6.07) is 1.72. The smallest absolute Gasteiger partial charge is 0.410 e. The fourth-order valence-corrected chi connectivity index (χ4v) is 3.37. The van der Waals surface area contributed by atoms with E-state index in [9.17, 15) is 9.59 Å². The van der Waals surface area contributed by atoms with E-state index in [0.717, 1.165) is 0 Å². The molecule has 3 aliphatic rings. The fraction of sp³-hybridized carbons (Fsp3) is 0.500. The van der Waals surface area contributed by atoms with Crippen molar-refractivity contribution in [3.8, 4) is 0 Å². The monoisotopic (exact) mass is 404 g/mol.